The highest BCUT2D eigenvalue weighted by Gasteiger charge is 2.22. The SMILES string of the molecule is CCCCCCOc1ccc(-c2cc(CCCCCC)c(-c3ccc(-c4ccc(-c5sc(/C=C/c6cc(CCCCCC)c(-c7ccc(-c8ccc(-c9sc(-c%10ccc(OCCCCCC)s%10)cc9CCCCCC)s8)s7)s6)cc5CCCCCC)s4)s3)s2)s1. The molecule has 10 heterocycles. The number of hydrogen-bond acceptors (Lipinski definition) is 12. The Kier molecular flexibility index (Phi) is 28.3. The van der Waals surface area contributed by atoms with E-state index in [-0.39, 0.29) is 0 Å². The van der Waals surface area contributed by atoms with E-state index in [0.717, 1.165) is 61.9 Å². The van der Waals surface area contributed by atoms with Crippen molar-refractivity contribution < 1.29 is 9.47 Å². The van der Waals surface area contributed by atoms with Gasteiger partial charge in [0, 0.05) is 87.8 Å². The van der Waals surface area contributed by atoms with Crippen LogP contribution in [0.2, 0.25) is 0 Å². The topological polar surface area (TPSA) is 18.5 Å². The third-order valence-electron chi connectivity index (χ3n) is 16.8. The second-order valence-electron chi connectivity index (χ2n) is 24.2. The second kappa shape index (κ2) is 36.9. The Hall–Kier alpha value is -3.66. The summed E-state index contributed by atoms with van der Waals surface area (Å²) >= 11 is 19.5. The Balaban J connectivity index is 0.865. The molecule has 0 aliphatic heterocycles. The van der Waals surface area contributed by atoms with Crippen LogP contribution in [0.1, 0.15) is 228 Å². The number of unbranched alkanes of at least 4 members (excludes halogenated alkanes) is 18. The molecule has 0 saturated carbocycles. The molecule has 10 rings (SSSR count). The molecule has 0 aliphatic carbocycles. The summed E-state index contributed by atoms with van der Waals surface area (Å²) in [6.07, 6.45) is 39.6. The molecule has 90 heavy (non-hydrogen) atoms. The van der Waals surface area contributed by atoms with E-state index in [0.29, 0.717) is 0 Å². The van der Waals surface area contributed by atoms with Gasteiger partial charge in [-0.15, -0.1) is 90.7 Å². The van der Waals surface area contributed by atoms with Gasteiger partial charge in [-0.05, 0) is 196 Å². The Labute approximate surface area is 581 Å². The zero-order chi connectivity index (χ0) is 62.3. The molecule has 480 valence electrons. The fraction of sp³-hybridized carbons (Fsp3) is 0.462. The van der Waals surface area contributed by atoms with Crippen molar-refractivity contribution in [3.05, 3.63) is 129 Å². The van der Waals surface area contributed by atoms with Crippen LogP contribution in [-0.2, 0) is 25.7 Å². The van der Waals surface area contributed by atoms with Gasteiger partial charge < -0.3 is 9.47 Å². The summed E-state index contributed by atoms with van der Waals surface area (Å²) in [6.45, 7) is 15.4. The lowest BCUT2D eigenvalue weighted by molar-refractivity contribution is 0.313. The summed E-state index contributed by atoms with van der Waals surface area (Å²) < 4.78 is 12.5. The molecule has 0 aromatic carbocycles. The molecule has 0 bridgehead atoms. The standard InChI is InChI=1S/C78H96O2S10/c1-7-13-19-25-31-55-51-59(81-75(55)67-41-37-61(83-67)63-39-43-69(85-63)77-57(33-27-21-15-9-3)53-71(89-77)65-45-47-73(87-65)79-49-29-23-17-11-5)35-36-60-52-56(32-26-20-14-8-2)76(82-60)68-42-38-62(84-68)64-40-44-70(86-64)78-58(34-28-22-16-10-4)54-72(90-78)66-46-48-74(88-66)80-50-30-24-18-12-6/h35-48,51-54H,7-34,49-50H2,1-6H3/b36-35+. The van der Waals surface area contributed by atoms with Crippen LogP contribution in [0, 0.1) is 0 Å². The van der Waals surface area contributed by atoms with Gasteiger partial charge >= 0.3 is 0 Å². The second-order valence-corrected chi connectivity index (χ2v) is 34.9. The van der Waals surface area contributed by atoms with Crippen LogP contribution >= 0.6 is 113 Å². The van der Waals surface area contributed by atoms with E-state index in [4.69, 9.17) is 9.47 Å². The molecule has 0 atom stereocenters. The van der Waals surface area contributed by atoms with Gasteiger partial charge in [0.25, 0.3) is 0 Å². The van der Waals surface area contributed by atoms with E-state index < -0.39 is 0 Å². The summed E-state index contributed by atoms with van der Waals surface area (Å²) in [5.41, 5.74) is 6.04. The Bertz CT molecular complexity index is 3470. The quantitative estimate of drug-likeness (QED) is 0.0355. The monoisotopic (exact) mass is 1380 g/mol. The Morgan fingerprint density at radius 2 is 0.511 bits per heavy atom. The van der Waals surface area contributed by atoms with E-state index in [1.165, 1.54) is 251 Å². The molecule has 0 N–H and O–H groups in total. The molecule has 0 fully saturated rings. The highest BCUT2D eigenvalue weighted by atomic mass is 32.1. The van der Waals surface area contributed by atoms with Crippen molar-refractivity contribution in [3.63, 3.8) is 0 Å². The zero-order valence-corrected chi connectivity index (χ0v) is 62.7. The van der Waals surface area contributed by atoms with Crippen LogP contribution in [0.4, 0.5) is 0 Å². The van der Waals surface area contributed by atoms with E-state index in [1.54, 1.807) is 0 Å². The van der Waals surface area contributed by atoms with Crippen LogP contribution in [0.3, 0.4) is 0 Å². The van der Waals surface area contributed by atoms with Crippen LogP contribution in [0.15, 0.2) is 97.1 Å². The summed E-state index contributed by atoms with van der Waals surface area (Å²) in [7, 11) is 0. The van der Waals surface area contributed by atoms with Gasteiger partial charge in [0.1, 0.15) is 0 Å². The van der Waals surface area contributed by atoms with Crippen LogP contribution in [0.5, 0.6) is 10.1 Å². The maximum absolute atomic E-state index is 6.23. The van der Waals surface area contributed by atoms with Gasteiger partial charge in [0.2, 0.25) is 0 Å². The van der Waals surface area contributed by atoms with E-state index >= 15 is 0 Å². The smallest absolute Gasteiger partial charge is 0.174 e. The minimum absolute atomic E-state index is 0.811. The third-order valence-corrected chi connectivity index (χ3v) is 29.3. The van der Waals surface area contributed by atoms with E-state index in [9.17, 15) is 0 Å². The Morgan fingerprint density at radius 1 is 0.244 bits per heavy atom. The van der Waals surface area contributed by atoms with Crippen molar-refractivity contribution in [2.45, 2.75) is 221 Å². The molecule has 10 aromatic rings. The molecular weight excluding hydrogens is 1290 g/mol. The minimum Gasteiger partial charge on any atom is -0.484 e. The van der Waals surface area contributed by atoms with Crippen LogP contribution in [-0.4, -0.2) is 13.2 Å². The van der Waals surface area contributed by atoms with Crippen molar-refractivity contribution in [1.82, 2.24) is 0 Å². The van der Waals surface area contributed by atoms with Crippen LogP contribution in [0.25, 0.3) is 90.2 Å². The molecule has 0 aliphatic rings. The summed E-state index contributed by atoms with van der Waals surface area (Å²) in [6, 6.07) is 38.2. The number of ether oxygens (including phenoxy) is 2. The van der Waals surface area contributed by atoms with Crippen molar-refractivity contribution in [2.75, 3.05) is 13.2 Å². The van der Waals surface area contributed by atoms with Crippen molar-refractivity contribution >= 4 is 126 Å². The first-order valence-corrected chi connectivity index (χ1v) is 42.6. The van der Waals surface area contributed by atoms with E-state index in [1.807, 2.05) is 113 Å². The first-order chi connectivity index (χ1) is 44.3. The Morgan fingerprint density at radius 3 is 0.833 bits per heavy atom. The molecule has 0 unspecified atom stereocenters. The molecular formula is C78H96O2S10. The lowest BCUT2D eigenvalue weighted by Gasteiger charge is -2.02. The minimum atomic E-state index is 0.811. The summed E-state index contributed by atoms with van der Waals surface area (Å²) in [4.78, 5) is 25.0. The maximum Gasteiger partial charge on any atom is 0.174 e. The summed E-state index contributed by atoms with van der Waals surface area (Å²) in [5.74, 6) is 0. The first-order valence-electron chi connectivity index (χ1n) is 34.4. The van der Waals surface area contributed by atoms with Crippen LogP contribution < -0.4 is 9.47 Å². The van der Waals surface area contributed by atoms with Gasteiger partial charge in [0.05, 0.1) is 13.2 Å². The number of hydrogen-bond donors (Lipinski definition) is 0. The predicted octanol–water partition coefficient (Wildman–Crippen LogP) is 30.2. The highest BCUT2D eigenvalue weighted by Crippen LogP contribution is 2.51. The van der Waals surface area contributed by atoms with Gasteiger partial charge in [-0.25, -0.2) is 0 Å². The largest absolute Gasteiger partial charge is 0.484 e. The average Bonchev–Trinajstić information content (AvgIpc) is 2.17. The lowest BCUT2D eigenvalue weighted by Crippen LogP contribution is -1.94. The fourth-order valence-electron chi connectivity index (χ4n) is 11.7. The maximum atomic E-state index is 6.23. The molecule has 10 aromatic heterocycles. The molecule has 0 saturated heterocycles. The average molecular weight is 1390 g/mol. The number of aryl methyl sites for hydroxylation is 4. The first kappa shape index (κ1) is 69.2. The molecule has 2 nitrogen and oxygen atoms in total. The van der Waals surface area contributed by atoms with Gasteiger partial charge in [-0.3, -0.25) is 0 Å². The molecule has 0 spiro atoms. The predicted molar refractivity (Wildman–Crippen MR) is 415 cm³/mol. The lowest BCUT2D eigenvalue weighted by atomic mass is 10.1. The fourth-order valence-corrected chi connectivity index (χ4v) is 23.1. The van der Waals surface area contributed by atoms with E-state index in [2.05, 4.69) is 151 Å². The molecule has 0 radical (unpaired) electrons. The van der Waals surface area contributed by atoms with Gasteiger partial charge in [-0.2, -0.15) is 0 Å². The molecule has 12 heteroatoms. The van der Waals surface area contributed by atoms with Crippen molar-refractivity contribution in [2.24, 2.45) is 0 Å². The van der Waals surface area contributed by atoms with Crippen molar-refractivity contribution in [3.8, 4) is 88.2 Å². The van der Waals surface area contributed by atoms with Gasteiger partial charge in [-0.1, -0.05) is 180 Å². The summed E-state index contributed by atoms with van der Waals surface area (Å²) in [5, 5.41) is 2.09. The normalized spacial score (nSPS) is 11.8. The number of thiophene rings is 10. The molecule has 0 amide bonds. The third kappa shape index (κ3) is 19.5. The highest BCUT2D eigenvalue weighted by molar-refractivity contribution is 7.31. The zero-order valence-electron chi connectivity index (χ0n) is 54.5. The number of rotatable bonds is 42. The van der Waals surface area contributed by atoms with Crippen molar-refractivity contribution in [1.29, 1.82) is 0 Å². The van der Waals surface area contributed by atoms with Gasteiger partial charge in [0.15, 0.2) is 10.1 Å².